The molecule has 0 aromatic carbocycles. The van der Waals surface area contributed by atoms with Crippen LogP contribution in [0.4, 0.5) is 0 Å². The van der Waals surface area contributed by atoms with Gasteiger partial charge >= 0.3 is 0 Å². The maximum atomic E-state index is 2.08. The highest BCUT2D eigenvalue weighted by atomic mass is 127. The Morgan fingerprint density at radius 2 is 2.09 bits per heavy atom. The molecule has 2 heterocycles. The van der Waals surface area contributed by atoms with Crippen LogP contribution in [-0.2, 0) is 7.05 Å². The van der Waals surface area contributed by atoms with Crippen LogP contribution in [0.15, 0.2) is 36.8 Å². The number of rotatable bonds is 0. The van der Waals surface area contributed by atoms with Crippen molar-refractivity contribution in [1.82, 2.24) is 4.40 Å². The van der Waals surface area contributed by atoms with Crippen molar-refractivity contribution < 1.29 is 28.5 Å². The lowest BCUT2D eigenvalue weighted by molar-refractivity contribution is -0.644. The number of hydrogen-bond donors (Lipinski definition) is 0. The van der Waals surface area contributed by atoms with E-state index in [2.05, 4.69) is 15.0 Å². The van der Waals surface area contributed by atoms with E-state index in [4.69, 9.17) is 0 Å². The van der Waals surface area contributed by atoms with Crippen LogP contribution in [0.2, 0.25) is 0 Å². The fraction of sp³-hybridized carbons (Fsp3) is 0.125. The molecule has 2 rings (SSSR count). The third-order valence-electron chi connectivity index (χ3n) is 1.68. The molecule has 0 aliphatic carbocycles. The molecule has 0 unspecified atom stereocenters. The molecule has 3 heteroatoms. The predicted octanol–water partition coefficient (Wildman–Crippen LogP) is -2.23. The average molecular weight is 260 g/mol. The van der Waals surface area contributed by atoms with Crippen LogP contribution in [0, 0.1) is 0 Å². The molecule has 0 N–H and O–H groups in total. The zero-order valence-electron chi connectivity index (χ0n) is 6.24. The van der Waals surface area contributed by atoms with E-state index < -0.39 is 0 Å². The van der Waals surface area contributed by atoms with Gasteiger partial charge in [-0.1, -0.05) is 6.07 Å². The highest BCUT2D eigenvalue weighted by Crippen LogP contribution is 1.94. The van der Waals surface area contributed by atoms with E-state index in [0.717, 1.165) is 0 Å². The number of hydrogen-bond acceptors (Lipinski definition) is 0. The minimum absolute atomic E-state index is 0. The van der Waals surface area contributed by atoms with Crippen molar-refractivity contribution in [3.05, 3.63) is 36.8 Å². The van der Waals surface area contributed by atoms with Crippen LogP contribution in [0.3, 0.4) is 0 Å². The summed E-state index contributed by atoms with van der Waals surface area (Å²) in [5, 5.41) is 0. The predicted molar refractivity (Wildman–Crippen MR) is 38.6 cm³/mol. The monoisotopic (exact) mass is 260 g/mol. The van der Waals surface area contributed by atoms with Crippen molar-refractivity contribution in [2.24, 2.45) is 7.05 Å². The van der Waals surface area contributed by atoms with Gasteiger partial charge < -0.3 is 24.0 Å². The van der Waals surface area contributed by atoms with Crippen LogP contribution in [-0.4, -0.2) is 4.40 Å². The molecule has 0 aliphatic rings. The van der Waals surface area contributed by atoms with Crippen molar-refractivity contribution in [1.29, 1.82) is 0 Å². The maximum Gasteiger partial charge on any atom is 0.285 e. The minimum Gasteiger partial charge on any atom is -1.00 e. The quantitative estimate of drug-likeness (QED) is 0.374. The lowest BCUT2D eigenvalue weighted by atomic mass is 10.5. The topological polar surface area (TPSA) is 8.29 Å². The van der Waals surface area contributed by atoms with Gasteiger partial charge in [0.25, 0.3) is 5.65 Å². The van der Waals surface area contributed by atoms with E-state index >= 15 is 0 Å². The number of nitrogens with zero attached hydrogens (tertiary/aromatic N) is 2. The fourth-order valence-electron chi connectivity index (χ4n) is 1.12. The van der Waals surface area contributed by atoms with Crippen LogP contribution < -0.4 is 28.5 Å². The molecule has 0 saturated heterocycles. The maximum absolute atomic E-state index is 2.08. The summed E-state index contributed by atoms with van der Waals surface area (Å²) >= 11 is 0. The third-order valence-corrected chi connectivity index (χ3v) is 1.68. The zero-order chi connectivity index (χ0) is 6.97. The SMILES string of the molecule is C[n+]1ccn2ccccc21.[I-]. The van der Waals surface area contributed by atoms with E-state index in [1.807, 2.05) is 37.8 Å². The fourth-order valence-corrected chi connectivity index (χ4v) is 1.12. The Labute approximate surface area is 82.5 Å². The Morgan fingerprint density at radius 1 is 1.27 bits per heavy atom. The van der Waals surface area contributed by atoms with E-state index in [1.54, 1.807) is 0 Å². The Hall–Kier alpha value is -0.580. The number of aromatic nitrogens is 2. The molecule has 2 aromatic rings. The second-order valence-corrected chi connectivity index (χ2v) is 2.38. The number of fused-ring (bicyclic) bond motifs is 1. The number of pyridine rings is 1. The molecule has 0 aliphatic heterocycles. The normalized spacial score (nSPS) is 9.55. The molecule has 0 bridgehead atoms. The number of aryl methyl sites for hydroxylation is 1. The van der Waals surface area contributed by atoms with Crippen molar-refractivity contribution >= 4 is 5.65 Å². The molecule has 11 heavy (non-hydrogen) atoms. The zero-order valence-corrected chi connectivity index (χ0v) is 8.39. The smallest absolute Gasteiger partial charge is 0.285 e. The second-order valence-electron chi connectivity index (χ2n) is 2.38. The van der Waals surface area contributed by atoms with Gasteiger partial charge in [0, 0.05) is 6.07 Å². The number of imidazole rings is 1. The first-order valence-corrected chi connectivity index (χ1v) is 3.29. The highest BCUT2D eigenvalue weighted by molar-refractivity contribution is 5.30. The van der Waals surface area contributed by atoms with Crippen LogP contribution >= 0.6 is 0 Å². The molecule has 0 radical (unpaired) electrons. The average Bonchev–Trinajstić information content (AvgIpc) is 2.34. The van der Waals surface area contributed by atoms with Crippen molar-refractivity contribution in [2.75, 3.05) is 0 Å². The summed E-state index contributed by atoms with van der Waals surface area (Å²) in [4.78, 5) is 0. The molecular weight excluding hydrogens is 251 g/mol. The molecule has 2 nitrogen and oxygen atoms in total. The van der Waals surface area contributed by atoms with Crippen LogP contribution in [0.1, 0.15) is 0 Å². The van der Waals surface area contributed by atoms with E-state index in [0.29, 0.717) is 0 Å². The first-order valence-electron chi connectivity index (χ1n) is 3.29. The molecule has 0 amide bonds. The van der Waals surface area contributed by atoms with Gasteiger partial charge in [-0.05, 0) is 6.07 Å². The first-order chi connectivity index (χ1) is 4.88. The minimum atomic E-state index is 0. The summed E-state index contributed by atoms with van der Waals surface area (Å²) in [6, 6.07) is 6.14. The van der Waals surface area contributed by atoms with Gasteiger partial charge in [-0.3, -0.25) is 0 Å². The molecule has 0 spiro atoms. The van der Waals surface area contributed by atoms with Gasteiger partial charge in [0.15, 0.2) is 0 Å². The Bertz CT molecular complexity index is 354. The van der Waals surface area contributed by atoms with E-state index in [9.17, 15) is 0 Å². The molecular formula is C8H9IN2. The largest absolute Gasteiger partial charge is 1.00 e. The highest BCUT2D eigenvalue weighted by Gasteiger charge is 2.00. The van der Waals surface area contributed by atoms with Crippen molar-refractivity contribution in [3.63, 3.8) is 0 Å². The number of halogens is 1. The Balaban J connectivity index is 0.000000605. The summed E-state index contributed by atoms with van der Waals surface area (Å²) in [6.07, 6.45) is 6.11. The van der Waals surface area contributed by atoms with Gasteiger partial charge in [-0.15, -0.1) is 0 Å². The third kappa shape index (κ3) is 1.38. The molecule has 0 fully saturated rings. The summed E-state index contributed by atoms with van der Waals surface area (Å²) < 4.78 is 4.17. The van der Waals surface area contributed by atoms with Crippen molar-refractivity contribution in [3.8, 4) is 0 Å². The van der Waals surface area contributed by atoms with E-state index in [-0.39, 0.29) is 24.0 Å². The van der Waals surface area contributed by atoms with Gasteiger partial charge in [-0.2, -0.15) is 0 Å². The van der Waals surface area contributed by atoms with Gasteiger partial charge in [-0.25, -0.2) is 8.97 Å². The Kier molecular flexibility index (Phi) is 2.49. The summed E-state index contributed by atoms with van der Waals surface area (Å²) in [5.41, 5.74) is 1.21. The molecule has 0 atom stereocenters. The van der Waals surface area contributed by atoms with Crippen LogP contribution in [0.25, 0.3) is 5.65 Å². The molecule has 58 valence electrons. The van der Waals surface area contributed by atoms with Gasteiger partial charge in [0.1, 0.15) is 12.4 Å². The summed E-state index contributed by atoms with van der Waals surface area (Å²) in [5.74, 6) is 0. The lowest BCUT2D eigenvalue weighted by Crippen LogP contribution is -3.00. The van der Waals surface area contributed by atoms with Crippen molar-refractivity contribution in [2.45, 2.75) is 0 Å². The Morgan fingerprint density at radius 3 is 2.82 bits per heavy atom. The second kappa shape index (κ2) is 3.21. The van der Waals surface area contributed by atoms with E-state index in [1.165, 1.54) is 5.65 Å². The summed E-state index contributed by atoms with van der Waals surface area (Å²) in [7, 11) is 2.04. The summed E-state index contributed by atoms with van der Waals surface area (Å²) in [6.45, 7) is 0. The van der Waals surface area contributed by atoms with Gasteiger partial charge in [0.05, 0.1) is 13.2 Å². The lowest BCUT2D eigenvalue weighted by Gasteiger charge is -1.84. The molecule has 2 aromatic heterocycles. The van der Waals surface area contributed by atoms with Crippen LogP contribution in [0.5, 0.6) is 0 Å². The first kappa shape index (κ1) is 8.52. The molecule has 0 saturated carbocycles. The standard InChI is InChI=1S/C8H9N2.HI/c1-9-6-7-10-5-3-2-4-8(9)10;/h2-7H,1H3;1H/q+1;/p-1. The van der Waals surface area contributed by atoms with Gasteiger partial charge in [0.2, 0.25) is 0 Å².